The van der Waals surface area contributed by atoms with E-state index in [4.69, 9.17) is 0 Å². The van der Waals surface area contributed by atoms with Crippen LogP contribution in [0.3, 0.4) is 0 Å². The van der Waals surface area contributed by atoms with Gasteiger partial charge in [0.1, 0.15) is 18.7 Å². The number of fused-ring (bicyclic) bond motifs is 1. The van der Waals surface area contributed by atoms with Crippen LogP contribution in [-0.4, -0.2) is 66.2 Å². The van der Waals surface area contributed by atoms with Gasteiger partial charge < -0.3 is 14.5 Å². The number of carbonyl (C=O) groups is 2. The molecule has 114 valence electrons. The number of alkyl halides is 3. The quantitative estimate of drug-likeness (QED) is 0.720. The van der Waals surface area contributed by atoms with Gasteiger partial charge in [-0.25, -0.2) is 0 Å². The smallest absolute Gasteiger partial charge is 0.370 e. The third kappa shape index (κ3) is 3.05. The first kappa shape index (κ1) is 15.1. The molecule has 0 bridgehead atoms. The molecule has 2 aliphatic rings. The van der Waals surface area contributed by atoms with Crippen molar-refractivity contribution in [1.82, 2.24) is 9.80 Å². The minimum absolute atomic E-state index is 0.00611. The average molecular weight is 294 g/mol. The van der Waals surface area contributed by atoms with E-state index in [0.717, 1.165) is 6.42 Å². The number of amides is 2. The van der Waals surface area contributed by atoms with Crippen molar-refractivity contribution in [3.05, 3.63) is 0 Å². The minimum atomic E-state index is -4.38. The second kappa shape index (κ2) is 5.59. The van der Waals surface area contributed by atoms with Gasteiger partial charge in [0.05, 0.1) is 6.61 Å². The summed E-state index contributed by atoms with van der Waals surface area (Å²) in [5, 5.41) is 0. The van der Waals surface area contributed by atoms with Crippen molar-refractivity contribution >= 4 is 11.8 Å². The summed E-state index contributed by atoms with van der Waals surface area (Å²) in [6.07, 6.45) is -2.97. The first-order valence-electron chi connectivity index (χ1n) is 6.57. The molecule has 2 atom stereocenters. The molecule has 0 radical (unpaired) electrons. The molecule has 0 saturated carbocycles. The van der Waals surface area contributed by atoms with Crippen LogP contribution < -0.4 is 0 Å². The summed E-state index contributed by atoms with van der Waals surface area (Å²) in [7, 11) is 0. The van der Waals surface area contributed by atoms with E-state index in [2.05, 4.69) is 4.74 Å². The Balaban J connectivity index is 1.90. The number of carbonyl (C=O) groups excluding carboxylic acids is 2. The van der Waals surface area contributed by atoms with Gasteiger partial charge in [-0.15, -0.1) is 0 Å². The number of piperazine rings is 1. The van der Waals surface area contributed by atoms with Crippen molar-refractivity contribution in [1.29, 1.82) is 0 Å². The van der Waals surface area contributed by atoms with Crippen molar-refractivity contribution in [2.75, 3.05) is 26.3 Å². The van der Waals surface area contributed by atoms with E-state index in [9.17, 15) is 22.8 Å². The molecule has 2 heterocycles. The van der Waals surface area contributed by atoms with Crippen LogP contribution >= 0.6 is 0 Å². The summed E-state index contributed by atoms with van der Waals surface area (Å²) >= 11 is 0. The van der Waals surface area contributed by atoms with Gasteiger partial charge in [0.25, 0.3) is 0 Å². The summed E-state index contributed by atoms with van der Waals surface area (Å²) in [5.41, 5.74) is 0. The van der Waals surface area contributed by atoms with E-state index in [-0.39, 0.29) is 25.0 Å². The van der Waals surface area contributed by atoms with Gasteiger partial charge in [0, 0.05) is 13.1 Å². The summed E-state index contributed by atoms with van der Waals surface area (Å²) < 4.78 is 40.3. The molecule has 2 saturated heterocycles. The van der Waals surface area contributed by atoms with E-state index >= 15 is 0 Å². The van der Waals surface area contributed by atoms with E-state index in [1.807, 2.05) is 0 Å². The highest BCUT2D eigenvalue weighted by atomic mass is 19.4. The molecule has 0 N–H and O–H groups in total. The predicted octanol–water partition coefficient (Wildman–Crippen LogP) is 0.787. The van der Waals surface area contributed by atoms with Crippen molar-refractivity contribution in [2.45, 2.75) is 38.0 Å². The zero-order chi connectivity index (χ0) is 14.9. The van der Waals surface area contributed by atoms with E-state index in [1.54, 1.807) is 11.8 Å². The molecule has 8 heteroatoms. The number of halogens is 3. The van der Waals surface area contributed by atoms with Crippen LogP contribution in [0.1, 0.15) is 19.8 Å². The van der Waals surface area contributed by atoms with Crippen LogP contribution in [0.4, 0.5) is 13.2 Å². The molecule has 2 rings (SSSR count). The largest absolute Gasteiger partial charge is 0.411 e. The van der Waals surface area contributed by atoms with Gasteiger partial charge in [0.2, 0.25) is 11.8 Å². The van der Waals surface area contributed by atoms with Gasteiger partial charge in [0.15, 0.2) is 0 Å². The van der Waals surface area contributed by atoms with E-state index in [1.165, 1.54) is 4.90 Å². The van der Waals surface area contributed by atoms with Crippen molar-refractivity contribution in [2.24, 2.45) is 0 Å². The van der Waals surface area contributed by atoms with Crippen LogP contribution in [0.15, 0.2) is 0 Å². The molecule has 2 amide bonds. The molecule has 2 unspecified atom stereocenters. The molecule has 2 fully saturated rings. The highest BCUT2D eigenvalue weighted by molar-refractivity contribution is 5.97. The zero-order valence-corrected chi connectivity index (χ0v) is 11.2. The maximum Gasteiger partial charge on any atom is 0.411 e. The number of hydrogen-bond donors (Lipinski definition) is 0. The molecule has 0 aromatic heterocycles. The van der Waals surface area contributed by atoms with Crippen LogP contribution in [-0.2, 0) is 14.3 Å². The van der Waals surface area contributed by atoms with Crippen molar-refractivity contribution in [3.63, 3.8) is 0 Å². The Morgan fingerprint density at radius 1 is 1.30 bits per heavy atom. The van der Waals surface area contributed by atoms with Crippen LogP contribution in [0.2, 0.25) is 0 Å². The Hall–Kier alpha value is -1.31. The number of ether oxygens (including phenoxy) is 1. The number of hydrogen-bond acceptors (Lipinski definition) is 3. The molecule has 0 aromatic rings. The Labute approximate surface area is 114 Å². The SMILES string of the molecule is CC1C(=O)N2CCCC2C(=O)N1CCOCC(F)(F)F. The summed E-state index contributed by atoms with van der Waals surface area (Å²) in [6, 6.07) is -1.08. The monoisotopic (exact) mass is 294 g/mol. The first-order valence-corrected chi connectivity index (χ1v) is 6.57. The predicted molar refractivity (Wildman–Crippen MR) is 62.8 cm³/mol. The third-order valence-corrected chi connectivity index (χ3v) is 3.67. The fraction of sp³-hybridized carbons (Fsp3) is 0.833. The van der Waals surface area contributed by atoms with E-state index < -0.39 is 24.9 Å². The fourth-order valence-corrected chi connectivity index (χ4v) is 2.70. The van der Waals surface area contributed by atoms with Gasteiger partial charge in [-0.1, -0.05) is 0 Å². The molecule has 5 nitrogen and oxygen atoms in total. The van der Waals surface area contributed by atoms with Gasteiger partial charge in [-0.2, -0.15) is 13.2 Å². The highest BCUT2D eigenvalue weighted by Gasteiger charge is 2.45. The second-order valence-corrected chi connectivity index (χ2v) is 5.07. The highest BCUT2D eigenvalue weighted by Crippen LogP contribution is 2.26. The normalized spacial score (nSPS) is 27.2. The summed E-state index contributed by atoms with van der Waals surface area (Å²) in [4.78, 5) is 27.2. The Kier molecular flexibility index (Phi) is 4.22. The lowest BCUT2D eigenvalue weighted by atomic mass is 10.1. The van der Waals surface area contributed by atoms with Gasteiger partial charge in [-0.3, -0.25) is 9.59 Å². The third-order valence-electron chi connectivity index (χ3n) is 3.67. The maximum atomic E-state index is 12.2. The average Bonchev–Trinajstić information content (AvgIpc) is 2.83. The lowest BCUT2D eigenvalue weighted by Crippen LogP contribution is -2.62. The summed E-state index contributed by atoms with van der Waals surface area (Å²) in [6.45, 7) is 0.616. The molecule has 0 aromatic carbocycles. The standard InChI is InChI=1S/C12H17F3N2O3/c1-8-10(18)17-4-2-3-9(17)11(19)16(8)5-6-20-7-12(13,14)15/h8-9H,2-7H2,1H3. The molecule has 0 aliphatic carbocycles. The second-order valence-electron chi connectivity index (χ2n) is 5.07. The van der Waals surface area contributed by atoms with Crippen LogP contribution in [0.25, 0.3) is 0 Å². The maximum absolute atomic E-state index is 12.2. The number of rotatable bonds is 4. The fourth-order valence-electron chi connectivity index (χ4n) is 2.70. The molecule has 2 aliphatic heterocycles. The van der Waals surface area contributed by atoms with Crippen molar-refractivity contribution < 1.29 is 27.5 Å². The van der Waals surface area contributed by atoms with Crippen LogP contribution in [0, 0.1) is 0 Å². The van der Waals surface area contributed by atoms with Crippen molar-refractivity contribution in [3.8, 4) is 0 Å². The lowest BCUT2D eigenvalue weighted by Gasteiger charge is -2.40. The molecule has 20 heavy (non-hydrogen) atoms. The number of nitrogens with zero attached hydrogens (tertiary/aromatic N) is 2. The van der Waals surface area contributed by atoms with Crippen LogP contribution in [0.5, 0.6) is 0 Å². The van der Waals surface area contributed by atoms with Gasteiger partial charge in [-0.05, 0) is 19.8 Å². The molecular weight excluding hydrogens is 277 g/mol. The Morgan fingerprint density at radius 3 is 2.65 bits per heavy atom. The first-order chi connectivity index (χ1) is 9.31. The van der Waals surface area contributed by atoms with E-state index in [0.29, 0.717) is 13.0 Å². The zero-order valence-electron chi connectivity index (χ0n) is 11.2. The lowest BCUT2D eigenvalue weighted by molar-refractivity contribution is -0.177. The molecule has 0 spiro atoms. The Bertz CT molecular complexity index is 400. The molecular formula is C12H17F3N2O3. The topological polar surface area (TPSA) is 49.9 Å². The van der Waals surface area contributed by atoms with Gasteiger partial charge >= 0.3 is 6.18 Å². The summed E-state index contributed by atoms with van der Waals surface area (Å²) in [5.74, 6) is -0.326. The minimum Gasteiger partial charge on any atom is -0.370 e. The Morgan fingerprint density at radius 2 is 2.00 bits per heavy atom.